The van der Waals surface area contributed by atoms with Gasteiger partial charge in [-0.25, -0.2) is 0 Å². The van der Waals surface area contributed by atoms with E-state index in [1.54, 1.807) is 4.90 Å². The molecule has 0 aromatic heterocycles. The first kappa shape index (κ1) is 32.4. The molecule has 45 heavy (non-hydrogen) atoms. The number of nitrogens with one attached hydrogen (secondary N) is 1. The molecule has 8 nitrogen and oxygen atoms in total. The summed E-state index contributed by atoms with van der Waals surface area (Å²) in [5.41, 5.74) is 1.26. The van der Waals surface area contributed by atoms with Crippen LogP contribution >= 0.6 is 0 Å². The molecule has 1 fully saturated rings. The van der Waals surface area contributed by atoms with Crippen LogP contribution in [0.5, 0.6) is 0 Å². The number of hydrogen-bond donors (Lipinski definition) is 1. The Morgan fingerprint density at radius 1 is 1.04 bits per heavy atom. The number of rotatable bonds is 12. The summed E-state index contributed by atoms with van der Waals surface area (Å²) in [6.07, 6.45) is 1.66. The summed E-state index contributed by atoms with van der Waals surface area (Å²) in [5.74, 6) is -1.16. The summed E-state index contributed by atoms with van der Waals surface area (Å²) in [6.45, 7) is 7.47. The van der Waals surface area contributed by atoms with Crippen LogP contribution < -0.4 is 5.32 Å². The predicted octanol–water partition coefficient (Wildman–Crippen LogP) is 5.79. The van der Waals surface area contributed by atoms with Crippen molar-refractivity contribution >= 4 is 28.6 Å². The Hall–Kier alpha value is -4.01. The highest BCUT2D eigenvalue weighted by Gasteiger charge is 2.59. The predicted molar refractivity (Wildman–Crippen MR) is 173 cm³/mol. The zero-order valence-electron chi connectivity index (χ0n) is 26.7. The number of nitrogens with zero attached hydrogens (tertiary/aromatic N) is 1. The third-order valence-electron chi connectivity index (χ3n) is 8.98. The molecule has 8 heteroatoms. The van der Waals surface area contributed by atoms with Crippen molar-refractivity contribution in [2.75, 3.05) is 20.3 Å². The number of piperidine rings is 1. The number of amides is 2. The SMILES string of the molecule is COC(=O)[C@]12C[C@H](CC(=O)NCCC(C)C)C(=O)N(Cc3cccc4ccccc34)C1=C[C@H](COCc1ccccc1)O[C@@H]2C. The summed E-state index contributed by atoms with van der Waals surface area (Å²) < 4.78 is 17.9. The number of carbonyl (C=O) groups is 3. The molecule has 1 saturated heterocycles. The van der Waals surface area contributed by atoms with Crippen molar-refractivity contribution in [3.05, 3.63) is 95.7 Å². The Balaban J connectivity index is 1.50. The molecule has 238 valence electrons. The van der Waals surface area contributed by atoms with Gasteiger partial charge in [-0.3, -0.25) is 14.4 Å². The molecule has 0 saturated carbocycles. The van der Waals surface area contributed by atoms with Crippen molar-refractivity contribution in [1.82, 2.24) is 10.2 Å². The Kier molecular flexibility index (Phi) is 10.4. The Morgan fingerprint density at radius 2 is 1.78 bits per heavy atom. The quantitative estimate of drug-likeness (QED) is 0.261. The third-order valence-corrected chi connectivity index (χ3v) is 8.98. The second-order valence-electron chi connectivity index (χ2n) is 12.5. The highest BCUT2D eigenvalue weighted by molar-refractivity contribution is 5.93. The van der Waals surface area contributed by atoms with E-state index in [9.17, 15) is 14.4 Å². The molecule has 0 unspecified atom stereocenters. The third kappa shape index (κ3) is 7.13. The first-order valence-electron chi connectivity index (χ1n) is 15.9. The van der Waals surface area contributed by atoms with Gasteiger partial charge >= 0.3 is 5.97 Å². The molecule has 0 spiro atoms. The van der Waals surface area contributed by atoms with Crippen molar-refractivity contribution in [1.29, 1.82) is 0 Å². The van der Waals surface area contributed by atoms with E-state index < -0.39 is 29.5 Å². The van der Waals surface area contributed by atoms with E-state index in [1.165, 1.54) is 7.11 Å². The maximum Gasteiger partial charge on any atom is 0.320 e. The maximum atomic E-state index is 14.4. The molecule has 5 rings (SSSR count). The first-order valence-corrected chi connectivity index (χ1v) is 15.9. The lowest BCUT2D eigenvalue weighted by Gasteiger charge is -2.51. The molecular weight excluding hydrogens is 568 g/mol. The molecule has 2 aliphatic rings. The van der Waals surface area contributed by atoms with Gasteiger partial charge in [-0.05, 0) is 53.7 Å². The molecular formula is C37H44N2O6. The Labute approximate surface area is 265 Å². The average molecular weight is 613 g/mol. The lowest BCUT2D eigenvalue weighted by Crippen LogP contribution is -2.60. The number of fused-ring (bicyclic) bond motifs is 2. The van der Waals surface area contributed by atoms with E-state index in [0.717, 1.165) is 28.3 Å². The van der Waals surface area contributed by atoms with Crippen molar-refractivity contribution in [3.8, 4) is 0 Å². The van der Waals surface area contributed by atoms with Gasteiger partial charge in [-0.2, -0.15) is 0 Å². The molecule has 2 heterocycles. The average Bonchev–Trinajstić information content (AvgIpc) is 3.03. The molecule has 2 aliphatic heterocycles. The number of esters is 1. The fourth-order valence-corrected chi connectivity index (χ4v) is 6.58. The smallest absolute Gasteiger partial charge is 0.320 e. The van der Waals surface area contributed by atoms with Crippen LogP contribution in [0.1, 0.15) is 51.2 Å². The number of carbonyl (C=O) groups excluding carboxylic acids is 3. The van der Waals surface area contributed by atoms with Crippen LogP contribution in [-0.4, -0.2) is 55.2 Å². The van der Waals surface area contributed by atoms with Gasteiger partial charge in [0, 0.05) is 24.6 Å². The van der Waals surface area contributed by atoms with E-state index in [4.69, 9.17) is 14.2 Å². The van der Waals surface area contributed by atoms with E-state index in [0.29, 0.717) is 24.8 Å². The zero-order chi connectivity index (χ0) is 32.0. The van der Waals surface area contributed by atoms with Crippen LogP contribution in [0.2, 0.25) is 0 Å². The van der Waals surface area contributed by atoms with E-state index in [1.807, 2.05) is 85.8 Å². The van der Waals surface area contributed by atoms with E-state index in [2.05, 4.69) is 19.2 Å². The molecule has 0 aliphatic carbocycles. The van der Waals surface area contributed by atoms with Gasteiger partial charge in [0.15, 0.2) is 0 Å². The van der Waals surface area contributed by atoms with Crippen molar-refractivity contribution in [2.45, 2.75) is 65.4 Å². The molecule has 4 atom stereocenters. The highest BCUT2D eigenvalue weighted by Crippen LogP contribution is 2.51. The monoisotopic (exact) mass is 612 g/mol. The summed E-state index contributed by atoms with van der Waals surface area (Å²) in [7, 11) is 1.36. The van der Waals surface area contributed by atoms with Gasteiger partial charge in [0.2, 0.25) is 11.8 Å². The van der Waals surface area contributed by atoms with Gasteiger partial charge in [0.05, 0.1) is 33.0 Å². The minimum atomic E-state index is -1.27. The number of hydrogen-bond acceptors (Lipinski definition) is 6. The van der Waals surface area contributed by atoms with Gasteiger partial charge in [-0.1, -0.05) is 86.6 Å². The standard InChI is InChI=1S/C37H44N2O6/c1-25(2)17-18-38-34(40)19-30-21-37(36(42)43-4)26(3)45-31(24-44-23-27-11-6-5-7-12-27)20-33(37)39(35(30)41)22-29-15-10-14-28-13-8-9-16-32(28)29/h5-16,20,25-26,30-31H,17-19,21-24H2,1-4H3,(H,38,40)/t26-,30+,31-,37+/m1/s1. The van der Waals surface area contributed by atoms with Crippen LogP contribution in [-0.2, 0) is 41.7 Å². The molecule has 1 N–H and O–H groups in total. The Bertz CT molecular complexity index is 1530. The Morgan fingerprint density at radius 3 is 2.53 bits per heavy atom. The second kappa shape index (κ2) is 14.4. The largest absolute Gasteiger partial charge is 0.468 e. The zero-order valence-corrected chi connectivity index (χ0v) is 26.7. The lowest BCUT2D eigenvalue weighted by molar-refractivity contribution is -0.178. The van der Waals surface area contributed by atoms with Crippen LogP contribution in [0.25, 0.3) is 10.8 Å². The number of benzene rings is 3. The first-order chi connectivity index (χ1) is 21.7. The summed E-state index contributed by atoms with van der Waals surface area (Å²) >= 11 is 0. The van der Waals surface area contributed by atoms with Crippen LogP contribution in [0.4, 0.5) is 0 Å². The maximum absolute atomic E-state index is 14.4. The van der Waals surface area contributed by atoms with E-state index >= 15 is 0 Å². The van der Waals surface area contributed by atoms with Gasteiger partial charge in [0.25, 0.3) is 0 Å². The fraction of sp³-hybridized carbons (Fsp3) is 0.432. The fourth-order valence-electron chi connectivity index (χ4n) is 6.58. The summed E-state index contributed by atoms with van der Waals surface area (Å²) in [5, 5.41) is 5.04. The van der Waals surface area contributed by atoms with Crippen LogP contribution in [0.15, 0.2) is 84.6 Å². The van der Waals surface area contributed by atoms with Crippen molar-refractivity contribution in [3.63, 3.8) is 0 Å². The van der Waals surface area contributed by atoms with Crippen LogP contribution in [0, 0.1) is 17.3 Å². The summed E-state index contributed by atoms with van der Waals surface area (Å²) in [4.78, 5) is 43.0. The van der Waals surface area contributed by atoms with Crippen molar-refractivity contribution < 1.29 is 28.6 Å². The topological polar surface area (TPSA) is 94.2 Å². The number of ether oxygens (including phenoxy) is 3. The molecule has 0 bridgehead atoms. The van der Waals surface area contributed by atoms with E-state index in [-0.39, 0.29) is 37.8 Å². The minimum Gasteiger partial charge on any atom is -0.468 e. The van der Waals surface area contributed by atoms with Crippen molar-refractivity contribution in [2.24, 2.45) is 17.3 Å². The molecule has 3 aromatic carbocycles. The molecule has 0 radical (unpaired) electrons. The summed E-state index contributed by atoms with van der Waals surface area (Å²) in [6, 6.07) is 23.9. The highest BCUT2D eigenvalue weighted by atomic mass is 16.5. The van der Waals surface area contributed by atoms with Gasteiger partial charge in [-0.15, -0.1) is 0 Å². The van der Waals surface area contributed by atoms with Gasteiger partial charge in [0.1, 0.15) is 11.5 Å². The van der Waals surface area contributed by atoms with Gasteiger partial charge < -0.3 is 24.4 Å². The molecule has 2 amide bonds. The second-order valence-corrected chi connectivity index (χ2v) is 12.5. The molecule has 3 aromatic rings. The normalized spacial score (nSPS) is 23.0. The number of methoxy groups -OCH3 is 1. The van der Waals surface area contributed by atoms with Crippen LogP contribution in [0.3, 0.4) is 0 Å². The lowest BCUT2D eigenvalue weighted by atomic mass is 9.66. The number of likely N-dealkylation sites (tertiary alicyclic amines) is 1. The minimum absolute atomic E-state index is 0.0225.